The van der Waals surface area contributed by atoms with E-state index in [1.807, 2.05) is 0 Å². The Morgan fingerprint density at radius 1 is 1.36 bits per heavy atom. The summed E-state index contributed by atoms with van der Waals surface area (Å²) in [6.45, 7) is 2.18. The summed E-state index contributed by atoms with van der Waals surface area (Å²) >= 11 is 1.47. The van der Waals surface area contributed by atoms with Crippen molar-refractivity contribution in [1.29, 1.82) is 0 Å². The van der Waals surface area contributed by atoms with Crippen LogP contribution >= 0.6 is 11.3 Å². The Labute approximate surface area is 149 Å². The second-order valence-corrected chi connectivity index (χ2v) is 9.13. The summed E-state index contributed by atoms with van der Waals surface area (Å²) in [7, 11) is -3.70. The number of amides is 1. The predicted molar refractivity (Wildman–Crippen MR) is 97.8 cm³/mol. The lowest BCUT2D eigenvalue weighted by atomic mass is 9.88. The molecule has 1 aliphatic carbocycles. The monoisotopic (exact) mass is 375 g/mol. The fraction of sp³-hybridized carbons (Fsp3) is 0.294. The lowest BCUT2D eigenvalue weighted by molar-refractivity contribution is 0.1000. The van der Waals surface area contributed by atoms with Gasteiger partial charge in [0.15, 0.2) is 5.84 Å². The first-order valence-electron chi connectivity index (χ1n) is 8.02. The number of fused-ring (bicyclic) bond motifs is 2. The normalized spacial score (nSPS) is 20.5. The van der Waals surface area contributed by atoms with E-state index in [0.717, 1.165) is 29.7 Å². The molecule has 2 aliphatic rings. The Kier molecular flexibility index (Phi) is 3.69. The first-order chi connectivity index (χ1) is 11.9. The van der Waals surface area contributed by atoms with Crippen LogP contribution in [0.25, 0.3) is 0 Å². The average molecular weight is 375 g/mol. The van der Waals surface area contributed by atoms with Crippen LogP contribution in [0.5, 0.6) is 0 Å². The highest BCUT2D eigenvalue weighted by molar-refractivity contribution is 7.90. The number of rotatable bonds is 2. The minimum Gasteiger partial charge on any atom is -0.365 e. The van der Waals surface area contributed by atoms with Crippen molar-refractivity contribution >= 4 is 38.1 Å². The molecule has 0 saturated carbocycles. The van der Waals surface area contributed by atoms with E-state index in [0.29, 0.717) is 22.0 Å². The Bertz CT molecular complexity index is 1020. The first-order valence-corrected chi connectivity index (χ1v) is 10.3. The molecule has 4 rings (SSSR count). The third-order valence-electron chi connectivity index (χ3n) is 4.62. The second-order valence-electron chi connectivity index (χ2n) is 6.46. The number of hydrogen-bond donors (Lipinski definition) is 2. The van der Waals surface area contributed by atoms with Crippen LogP contribution in [0.1, 0.15) is 39.7 Å². The lowest BCUT2D eigenvalue weighted by Crippen LogP contribution is -2.19. The molecule has 1 unspecified atom stereocenters. The smallest absolute Gasteiger partial charge is 0.285 e. The van der Waals surface area contributed by atoms with E-state index < -0.39 is 15.9 Å². The van der Waals surface area contributed by atoms with E-state index in [4.69, 9.17) is 5.73 Å². The standard InChI is InChI=1S/C17H17N3O3S2/c1-9-6-7-10-12(8-9)24-17(14(10)15(18)21)19-16-11-4-2-3-5-13(11)25(22,23)20-16/h2-5,9H,6-8H2,1H3,(H2,18,21)(H,19,20). The summed E-state index contributed by atoms with van der Waals surface area (Å²) in [5, 5.41) is 3.64. The first kappa shape index (κ1) is 16.3. The van der Waals surface area contributed by atoms with E-state index in [9.17, 15) is 13.2 Å². The Balaban J connectivity index is 1.79. The molecule has 25 heavy (non-hydrogen) atoms. The van der Waals surface area contributed by atoms with Gasteiger partial charge in [-0.05, 0) is 42.9 Å². The fourth-order valence-electron chi connectivity index (χ4n) is 3.40. The molecule has 0 radical (unpaired) electrons. The summed E-state index contributed by atoms with van der Waals surface area (Å²) in [6, 6.07) is 6.64. The number of benzene rings is 1. The van der Waals surface area contributed by atoms with Crippen molar-refractivity contribution in [3.63, 3.8) is 0 Å². The number of carbonyl (C=O) groups excluding carboxylic acids is 1. The topological polar surface area (TPSA) is 102 Å². The van der Waals surface area contributed by atoms with Crippen LogP contribution in [0.15, 0.2) is 33.6 Å². The van der Waals surface area contributed by atoms with Gasteiger partial charge in [-0.1, -0.05) is 19.1 Å². The van der Waals surface area contributed by atoms with Crippen LogP contribution in [-0.2, 0) is 22.9 Å². The van der Waals surface area contributed by atoms with Crippen molar-refractivity contribution in [2.45, 2.75) is 31.1 Å². The maximum Gasteiger partial charge on any atom is 0.285 e. The number of nitrogens with one attached hydrogen (secondary N) is 1. The SMILES string of the molecule is CC1CCc2c(sc(NC3=NS(=O)(=O)c4ccccc43)c2C(N)=O)C1. The number of primary amides is 1. The molecule has 130 valence electrons. The molecule has 1 aromatic heterocycles. The minimum atomic E-state index is -3.70. The predicted octanol–water partition coefficient (Wildman–Crippen LogP) is 2.53. The van der Waals surface area contributed by atoms with Gasteiger partial charge in [0.25, 0.3) is 15.9 Å². The number of anilines is 1. The Hall–Kier alpha value is -2.19. The number of sulfonamides is 1. The number of carbonyl (C=O) groups is 1. The molecule has 0 bridgehead atoms. The van der Waals surface area contributed by atoms with Crippen molar-refractivity contribution in [3.8, 4) is 0 Å². The molecule has 8 heteroatoms. The number of thiophene rings is 1. The molecule has 0 fully saturated rings. The fourth-order valence-corrected chi connectivity index (χ4v) is 5.99. The van der Waals surface area contributed by atoms with Crippen LogP contribution in [0.4, 0.5) is 5.00 Å². The molecule has 1 amide bonds. The van der Waals surface area contributed by atoms with E-state index in [-0.39, 0.29) is 10.7 Å². The molecule has 0 saturated heterocycles. The molecular weight excluding hydrogens is 358 g/mol. The van der Waals surface area contributed by atoms with Crippen molar-refractivity contribution in [2.75, 3.05) is 5.32 Å². The van der Waals surface area contributed by atoms with E-state index in [2.05, 4.69) is 16.6 Å². The van der Waals surface area contributed by atoms with E-state index >= 15 is 0 Å². The number of hydrogen-bond acceptors (Lipinski definition) is 5. The molecule has 6 nitrogen and oxygen atoms in total. The van der Waals surface area contributed by atoms with Gasteiger partial charge in [0.2, 0.25) is 0 Å². The second kappa shape index (κ2) is 5.67. The van der Waals surface area contributed by atoms with Gasteiger partial charge in [0, 0.05) is 10.4 Å². The van der Waals surface area contributed by atoms with Gasteiger partial charge in [-0.3, -0.25) is 4.79 Å². The van der Waals surface area contributed by atoms with Crippen molar-refractivity contribution in [1.82, 2.24) is 0 Å². The summed E-state index contributed by atoms with van der Waals surface area (Å²) in [5.41, 5.74) is 7.58. The molecule has 1 aromatic carbocycles. The van der Waals surface area contributed by atoms with Crippen LogP contribution in [-0.4, -0.2) is 20.2 Å². The highest BCUT2D eigenvalue weighted by atomic mass is 32.2. The van der Waals surface area contributed by atoms with E-state index in [1.165, 1.54) is 17.4 Å². The number of nitrogens with two attached hydrogens (primary N) is 1. The Morgan fingerprint density at radius 2 is 2.12 bits per heavy atom. The van der Waals surface area contributed by atoms with Gasteiger partial charge in [0.1, 0.15) is 9.90 Å². The maximum atomic E-state index is 12.2. The number of amidine groups is 1. The highest BCUT2D eigenvalue weighted by Gasteiger charge is 2.31. The van der Waals surface area contributed by atoms with Crippen LogP contribution < -0.4 is 11.1 Å². The zero-order valence-electron chi connectivity index (χ0n) is 13.6. The summed E-state index contributed by atoms with van der Waals surface area (Å²) in [4.78, 5) is 13.3. The lowest BCUT2D eigenvalue weighted by Gasteiger charge is -2.18. The Morgan fingerprint density at radius 3 is 2.88 bits per heavy atom. The van der Waals surface area contributed by atoms with Gasteiger partial charge in [-0.15, -0.1) is 15.7 Å². The zero-order chi connectivity index (χ0) is 17.8. The van der Waals surface area contributed by atoms with Gasteiger partial charge in [-0.2, -0.15) is 8.42 Å². The van der Waals surface area contributed by atoms with Gasteiger partial charge >= 0.3 is 0 Å². The van der Waals surface area contributed by atoms with Crippen molar-refractivity contribution < 1.29 is 13.2 Å². The quantitative estimate of drug-likeness (QED) is 0.842. The summed E-state index contributed by atoms with van der Waals surface area (Å²) in [5.74, 6) is 0.304. The molecule has 2 heterocycles. The van der Waals surface area contributed by atoms with Crippen LogP contribution in [0.3, 0.4) is 0 Å². The zero-order valence-corrected chi connectivity index (χ0v) is 15.2. The van der Waals surface area contributed by atoms with Gasteiger partial charge in [-0.25, -0.2) is 0 Å². The maximum absolute atomic E-state index is 12.2. The summed E-state index contributed by atoms with van der Waals surface area (Å²) < 4.78 is 28.2. The summed E-state index contributed by atoms with van der Waals surface area (Å²) in [6.07, 6.45) is 2.74. The third-order valence-corrected chi connectivity index (χ3v) is 7.13. The molecule has 1 aliphatic heterocycles. The van der Waals surface area contributed by atoms with Crippen LogP contribution in [0, 0.1) is 5.92 Å². The molecular formula is C17H17N3O3S2. The van der Waals surface area contributed by atoms with Gasteiger partial charge in [0.05, 0.1) is 5.56 Å². The third kappa shape index (κ3) is 2.65. The van der Waals surface area contributed by atoms with E-state index in [1.54, 1.807) is 18.2 Å². The average Bonchev–Trinajstić information content (AvgIpc) is 3.02. The molecule has 0 spiro atoms. The molecule has 2 aromatic rings. The van der Waals surface area contributed by atoms with Crippen molar-refractivity contribution in [2.24, 2.45) is 16.0 Å². The van der Waals surface area contributed by atoms with Gasteiger partial charge < -0.3 is 11.1 Å². The molecule has 1 atom stereocenters. The molecule has 3 N–H and O–H groups in total. The van der Waals surface area contributed by atoms with Crippen LogP contribution in [0.2, 0.25) is 0 Å². The largest absolute Gasteiger partial charge is 0.365 e. The van der Waals surface area contributed by atoms with Crippen molar-refractivity contribution in [3.05, 3.63) is 45.8 Å². The number of nitrogens with zero attached hydrogens (tertiary/aromatic N) is 1. The highest BCUT2D eigenvalue weighted by Crippen LogP contribution is 2.40. The minimum absolute atomic E-state index is 0.174.